The smallest absolute Gasteiger partial charge is 0.223 e. The van der Waals surface area contributed by atoms with Gasteiger partial charge >= 0.3 is 0 Å². The Balaban J connectivity index is 1.58. The molecule has 1 aromatic rings. The Bertz CT molecular complexity index is 530. The average molecular weight is 314 g/mol. The first-order chi connectivity index (χ1) is 11.2. The third-order valence-electron chi connectivity index (χ3n) is 5.14. The number of rotatable bonds is 6. The molecular weight excluding hydrogens is 288 g/mol. The van der Waals surface area contributed by atoms with Crippen LogP contribution in [-0.2, 0) is 9.59 Å². The van der Waals surface area contributed by atoms with Crippen LogP contribution in [0.3, 0.4) is 0 Å². The Hall–Kier alpha value is -1.68. The number of nitrogens with zero attached hydrogens (tertiary/aromatic N) is 1. The molecule has 1 N–H and O–H groups in total. The fourth-order valence-corrected chi connectivity index (χ4v) is 3.31. The topological polar surface area (TPSA) is 49.4 Å². The van der Waals surface area contributed by atoms with E-state index in [0.717, 1.165) is 38.9 Å². The van der Waals surface area contributed by atoms with E-state index in [1.165, 1.54) is 12.0 Å². The lowest BCUT2D eigenvalue weighted by Gasteiger charge is -2.30. The zero-order valence-corrected chi connectivity index (χ0v) is 13.7. The highest BCUT2D eigenvalue weighted by Gasteiger charge is 2.27. The molecule has 1 aliphatic carbocycles. The normalized spacial score (nSPS) is 20.8. The number of likely N-dealkylation sites (tertiary alicyclic amines) is 1. The Morgan fingerprint density at radius 3 is 2.48 bits per heavy atom. The van der Waals surface area contributed by atoms with Gasteiger partial charge in [-0.2, -0.15) is 0 Å². The van der Waals surface area contributed by atoms with Crippen molar-refractivity contribution in [3.63, 3.8) is 0 Å². The summed E-state index contributed by atoms with van der Waals surface area (Å²) in [7, 11) is 0. The summed E-state index contributed by atoms with van der Waals surface area (Å²) in [6, 6.07) is 10.3. The molecule has 3 rings (SSSR count). The van der Waals surface area contributed by atoms with Crippen molar-refractivity contribution in [2.75, 3.05) is 19.6 Å². The third kappa shape index (κ3) is 4.41. The molecule has 4 heteroatoms. The van der Waals surface area contributed by atoms with Crippen molar-refractivity contribution in [1.29, 1.82) is 0 Å². The van der Waals surface area contributed by atoms with E-state index in [2.05, 4.69) is 22.3 Å². The first-order valence-electron chi connectivity index (χ1n) is 8.82. The number of Topliss-reactive ketones (excluding diaryl/α,β-unsaturated/α-hetero) is 1. The van der Waals surface area contributed by atoms with Crippen molar-refractivity contribution in [1.82, 2.24) is 10.2 Å². The minimum Gasteiger partial charge on any atom is -0.349 e. The van der Waals surface area contributed by atoms with Crippen LogP contribution >= 0.6 is 0 Å². The molecule has 124 valence electrons. The maximum atomic E-state index is 12.3. The minimum atomic E-state index is 0.0712. The number of benzene rings is 1. The van der Waals surface area contributed by atoms with Crippen molar-refractivity contribution in [2.45, 2.75) is 44.6 Å². The predicted octanol–water partition coefficient (Wildman–Crippen LogP) is 2.70. The Labute approximate surface area is 138 Å². The second-order valence-electron chi connectivity index (χ2n) is 6.77. The fourth-order valence-electron chi connectivity index (χ4n) is 3.31. The number of ketones is 1. The summed E-state index contributed by atoms with van der Waals surface area (Å²) in [5.41, 5.74) is 1.17. The van der Waals surface area contributed by atoms with Crippen molar-refractivity contribution in [2.24, 2.45) is 5.92 Å². The lowest BCUT2D eigenvalue weighted by molar-refractivity contribution is -0.128. The van der Waals surface area contributed by atoms with Gasteiger partial charge in [0, 0.05) is 38.4 Å². The van der Waals surface area contributed by atoms with Crippen LogP contribution < -0.4 is 5.32 Å². The number of amides is 1. The maximum Gasteiger partial charge on any atom is 0.223 e. The van der Waals surface area contributed by atoms with Crippen LogP contribution in [0, 0.1) is 5.92 Å². The molecule has 23 heavy (non-hydrogen) atoms. The van der Waals surface area contributed by atoms with Crippen LogP contribution in [0.2, 0.25) is 0 Å². The van der Waals surface area contributed by atoms with Gasteiger partial charge in [0.15, 0.2) is 0 Å². The van der Waals surface area contributed by atoms with Gasteiger partial charge in [-0.3, -0.25) is 9.59 Å². The number of carbonyl (C=O) groups is 2. The van der Waals surface area contributed by atoms with Gasteiger partial charge in [0.1, 0.15) is 5.78 Å². The van der Waals surface area contributed by atoms with Crippen molar-refractivity contribution < 1.29 is 9.59 Å². The van der Waals surface area contributed by atoms with E-state index in [4.69, 9.17) is 0 Å². The molecule has 0 radical (unpaired) electrons. The Morgan fingerprint density at radius 1 is 1.17 bits per heavy atom. The number of hydrogen-bond acceptors (Lipinski definition) is 3. The van der Waals surface area contributed by atoms with Crippen LogP contribution in [0.5, 0.6) is 0 Å². The zero-order valence-electron chi connectivity index (χ0n) is 13.7. The second kappa shape index (κ2) is 7.73. The molecule has 1 saturated heterocycles. The average Bonchev–Trinajstić information content (AvgIpc) is 2.52. The molecule has 2 fully saturated rings. The standard InChI is InChI=1S/C19H26N2O2/c22-17-9-12-21(13-10-17)14-11-18(15-5-2-1-3-6-15)20-19(23)16-7-4-8-16/h1-3,5-6,16,18H,4,7-14H2,(H,20,23). The minimum absolute atomic E-state index is 0.0712. The van der Waals surface area contributed by atoms with Gasteiger partial charge in [-0.15, -0.1) is 0 Å². The summed E-state index contributed by atoms with van der Waals surface area (Å²) in [5, 5.41) is 3.25. The second-order valence-corrected chi connectivity index (χ2v) is 6.77. The van der Waals surface area contributed by atoms with Gasteiger partial charge in [-0.25, -0.2) is 0 Å². The Kier molecular flexibility index (Phi) is 5.44. The maximum absolute atomic E-state index is 12.3. The van der Waals surface area contributed by atoms with E-state index in [1.807, 2.05) is 18.2 Å². The van der Waals surface area contributed by atoms with Gasteiger partial charge in [-0.05, 0) is 24.8 Å². The highest BCUT2D eigenvalue weighted by Crippen LogP contribution is 2.28. The molecule has 1 aromatic carbocycles. The SMILES string of the molecule is O=C1CCN(CCC(NC(=O)C2CCC2)c2ccccc2)CC1. The molecule has 0 spiro atoms. The summed E-state index contributed by atoms with van der Waals surface area (Å²) < 4.78 is 0. The first kappa shape index (κ1) is 16.2. The summed E-state index contributed by atoms with van der Waals surface area (Å²) in [6.45, 7) is 2.64. The molecule has 2 aliphatic rings. The van der Waals surface area contributed by atoms with Crippen molar-refractivity contribution >= 4 is 11.7 Å². The fraction of sp³-hybridized carbons (Fsp3) is 0.579. The van der Waals surface area contributed by atoms with Gasteiger partial charge in [0.25, 0.3) is 0 Å². The lowest BCUT2D eigenvalue weighted by Crippen LogP contribution is -2.40. The molecule has 0 aromatic heterocycles. The van der Waals surface area contributed by atoms with Gasteiger partial charge in [-0.1, -0.05) is 36.8 Å². The quantitative estimate of drug-likeness (QED) is 0.878. The van der Waals surface area contributed by atoms with E-state index in [0.29, 0.717) is 18.6 Å². The van der Waals surface area contributed by atoms with Crippen molar-refractivity contribution in [3.8, 4) is 0 Å². The van der Waals surface area contributed by atoms with Crippen molar-refractivity contribution in [3.05, 3.63) is 35.9 Å². The highest BCUT2D eigenvalue weighted by molar-refractivity contribution is 5.80. The molecule has 1 unspecified atom stereocenters. The summed E-state index contributed by atoms with van der Waals surface area (Å²) in [5.74, 6) is 0.798. The molecule has 1 saturated carbocycles. The third-order valence-corrected chi connectivity index (χ3v) is 5.14. The van der Waals surface area contributed by atoms with E-state index in [9.17, 15) is 9.59 Å². The van der Waals surface area contributed by atoms with E-state index in [1.54, 1.807) is 0 Å². The van der Waals surface area contributed by atoms with E-state index in [-0.39, 0.29) is 17.9 Å². The molecule has 1 amide bonds. The van der Waals surface area contributed by atoms with Gasteiger partial charge < -0.3 is 10.2 Å². The summed E-state index contributed by atoms with van der Waals surface area (Å²) in [4.78, 5) is 26.0. The van der Waals surface area contributed by atoms with E-state index >= 15 is 0 Å². The van der Waals surface area contributed by atoms with Gasteiger partial charge in [0.2, 0.25) is 5.91 Å². The molecule has 4 nitrogen and oxygen atoms in total. The van der Waals surface area contributed by atoms with Crippen LogP contribution in [0.4, 0.5) is 0 Å². The predicted molar refractivity (Wildman–Crippen MR) is 90.0 cm³/mol. The number of hydrogen-bond donors (Lipinski definition) is 1. The highest BCUT2D eigenvalue weighted by atomic mass is 16.2. The lowest BCUT2D eigenvalue weighted by atomic mass is 9.84. The molecule has 1 aliphatic heterocycles. The molecular formula is C19H26N2O2. The molecule has 1 atom stereocenters. The Morgan fingerprint density at radius 2 is 1.87 bits per heavy atom. The largest absolute Gasteiger partial charge is 0.349 e. The van der Waals surface area contributed by atoms with Crippen LogP contribution in [0.15, 0.2) is 30.3 Å². The number of piperidine rings is 1. The summed E-state index contributed by atoms with van der Waals surface area (Å²) in [6.07, 6.45) is 5.48. The van der Waals surface area contributed by atoms with Crippen LogP contribution in [0.25, 0.3) is 0 Å². The first-order valence-corrected chi connectivity index (χ1v) is 8.82. The molecule has 0 bridgehead atoms. The summed E-state index contributed by atoms with van der Waals surface area (Å²) >= 11 is 0. The monoisotopic (exact) mass is 314 g/mol. The van der Waals surface area contributed by atoms with Gasteiger partial charge in [0.05, 0.1) is 6.04 Å². The van der Waals surface area contributed by atoms with Crippen LogP contribution in [0.1, 0.15) is 50.1 Å². The van der Waals surface area contributed by atoms with Crippen LogP contribution in [-0.4, -0.2) is 36.2 Å². The zero-order chi connectivity index (χ0) is 16.1. The molecule has 1 heterocycles. The number of nitrogens with one attached hydrogen (secondary N) is 1. The van der Waals surface area contributed by atoms with E-state index < -0.39 is 0 Å². The number of carbonyl (C=O) groups excluding carboxylic acids is 2.